The third kappa shape index (κ3) is 12.9. The molecule has 1 saturated heterocycles. The lowest BCUT2D eigenvalue weighted by atomic mass is 9.91. The van der Waals surface area contributed by atoms with E-state index in [1.807, 2.05) is 46.6 Å². The van der Waals surface area contributed by atoms with Gasteiger partial charge in [-0.15, -0.1) is 11.3 Å². The van der Waals surface area contributed by atoms with Crippen molar-refractivity contribution in [2.24, 2.45) is 23.5 Å². The summed E-state index contributed by atoms with van der Waals surface area (Å²) in [4.78, 5) is 86.4. The van der Waals surface area contributed by atoms with E-state index in [1.54, 1.807) is 55.4 Å². The Morgan fingerprint density at radius 2 is 1.72 bits per heavy atom. The number of nitrogens with two attached hydrogens (primary N) is 1. The van der Waals surface area contributed by atoms with Crippen molar-refractivity contribution in [1.29, 1.82) is 0 Å². The van der Waals surface area contributed by atoms with Crippen LogP contribution in [0.5, 0.6) is 0 Å². The molecule has 0 aliphatic carbocycles. The Kier molecular flexibility index (Phi) is 18.1. The molecule has 16 nitrogen and oxygen atoms in total. The Bertz CT molecular complexity index is 1720. The number of carboxylic acid groups (broad SMARTS) is 1. The van der Waals surface area contributed by atoms with Gasteiger partial charge < -0.3 is 41.7 Å². The van der Waals surface area contributed by atoms with Crippen molar-refractivity contribution in [2.45, 2.75) is 117 Å². The number of rotatable bonds is 21. The number of carboxylic acids is 1. The van der Waals surface area contributed by atoms with E-state index in [1.165, 1.54) is 0 Å². The largest absolute Gasteiger partial charge is 0.481 e. The van der Waals surface area contributed by atoms with Crippen LogP contribution in [0.2, 0.25) is 0 Å². The van der Waals surface area contributed by atoms with Crippen LogP contribution < -0.4 is 27.0 Å². The average molecular weight is 829 g/mol. The van der Waals surface area contributed by atoms with Crippen LogP contribution in [0.15, 0.2) is 29.6 Å². The predicted octanol–water partition coefficient (Wildman–Crippen LogP) is 4.17. The number of carbonyl (C=O) groups is 6. The van der Waals surface area contributed by atoms with Gasteiger partial charge in [0.15, 0.2) is 6.10 Å². The summed E-state index contributed by atoms with van der Waals surface area (Å²) in [6, 6.07) is 5.14. The summed E-state index contributed by atoms with van der Waals surface area (Å²) in [5, 5.41) is 22.9. The van der Waals surface area contributed by atoms with E-state index in [2.05, 4.69) is 26.3 Å². The topological polar surface area (TPSA) is 225 Å². The van der Waals surface area contributed by atoms with Crippen LogP contribution in [0.4, 0.5) is 10.5 Å². The summed E-state index contributed by atoms with van der Waals surface area (Å²) in [7, 11) is 3.62. The molecule has 1 aromatic carbocycles. The second-order valence-corrected chi connectivity index (χ2v) is 16.8. The highest BCUT2D eigenvalue weighted by molar-refractivity contribution is 7.09. The Morgan fingerprint density at radius 1 is 1.05 bits per heavy atom. The van der Waals surface area contributed by atoms with Gasteiger partial charge in [0.25, 0.3) is 5.91 Å². The second-order valence-electron chi connectivity index (χ2n) is 15.9. The molecule has 1 fully saturated rings. The molecule has 3 rings (SSSR count). The van der Waals surface area contributed by atoms with Gasteiger partial charge in [0.1, 0.15) is 16.7 Å². The van der Waals surface area contributed by atoms with Crippen molar-refractivity contribution in [2.75, 3.05) is 39.0 Å². The molecule has 7 N–H and O–H groups in total. The van der Waals surface area contributed by atoms with Gasteiger partial charge in [-0.05, 0) is 82.7 Å². The van der Waals surface area contributed by atoms with Gasteiger partial charge in [0.05, 0.1) is 18.0 Å². The van der Waals surface area contributed by atoms with Gasteiger partial charge in [0.2, 0.25) is 17.7 Å². The van der Waals surface area contributed by atoms with Crippen LogP contribution in [0.1, 0.15) is 108 Å². The number of benzene rings is 1. The molecular weight excluding hydrogens is 765 g/mol. The molecule has 2 heterocycles. The molecule has 1 aliphatic rings. The SMILES string of the molecule is CCNC(=O)O[C@H](C[C@H](C(C)C)N(C)C(=O)[C@@H](NC(=O)[C@@]1(C)CCCN1C)C(C)CC)c1nc(C(=O)N[C@@H](Cc2ccc(NC(=O)CN)cc2)C[C@H](C)C(=O)O)cs1. The molecule has 58 heavy (non-hydrogen) atoms. The van der Waals surface area contributed by atoms with E-state index in [0.29, 0.717) is 36.5 Å². The summed E-state index contributed by atoms with van der Waals surface area (Å²) < 4.78 is 5.90. The lowest BCUT2D eigenvalue weighted by molar-refractivity contribution is -0.142. The van der Waals surface area contributed by atoms with E-state index in [0.717, 1.165) is 29.9 Å². The maximum atomic E-state index is 14.3. The van der Waals surface area contributed by atoms with Crippen LogP contribution >= 0.6 is 11.3 Å². The zero-order valence-electron chi connectivity index (χ0n) is 35.4. The normalized spacial score (nSPS) is 18.6. The molecule has 1 unspecified atom stereocenters. The van der Waals surface area contributed by atoms with Gasteiger partial charge >= 0.3 is 12.1 Å². The fourth-order valence-electron chi connectivity index (χ4n) is 7.10. The number of aliphatic carboxylic acids is 1. The van der Waals surface area contributed by atoms with Crippen molar-refractivity contribution >= 4 is 52.7 Å². The van der Waals surface area contributed by atoms with Gasteiger partial charge in [-0.1, -0.05) is 53.2 Å². The van der Waals surface area contributed by atoms with Crippen molar-refractivity contribution in [3.63, 3.8) is 0 Å². The molecule has 0 saturated carbocycles. The van der Waals surface area contributed by atoms with Gasteiger partial charge in [0, 0.05) is 43.2 Å². The first-order valence-corrected chi connectivity index (χ1v) is 21.0. The monoisotopic (exact) mass is 828 g/mol. The molecule has 0 bridgehead atoms. The molecule has 0 spiro atoms. The summed E-state index contributed by atoms with van der Waals surface area (Å²) in [5.74, 6) is -3.33. The summed E-state index contributed by atoms with van der Waals surface area (Å²) in [5.41, 5.74) is 6.09. The first-order valence-electron chi connectivity index (χ1n) is 20.2. The highest BCUT2D eigenvalue weighted by atomic mass is 32.1. The third-order valence-corrected chi connectivity index (χ3v) is 12.2. The van der Waals surface area contributed by atoms with E-state index in [-0.39, 0.29) is 54.6 Å². The lowest BCUT2D eigenvalue weighted by Gasteiger charge is -2.38. The predicted molar refractivity (Wildman–Crippen MR) is 223 cm³/mol. The van der Waals surface area contributed by atoms with E-state index >= 15 is 0 Å². The summed E-state index contributed by atoms with van der Waals surface area (Å²) >= 11 is 1.14. The van der Waals surface area contributed by atoms with Crippen molar-refractivity contribution in [1.82, 2.24) is 30.7 Å². The number of alkyl carbamates (subject to hydrolysis) is 1. The zero-order chi connectivity index (χ0) is 43.3. The number of thiazole rings is 1. The maximum Gasteiger partial charge on any atom is 0.407 e. The highest BCUT2D eigenvalue weighted by Gasteiger charge is 2.44. The molecule has 7 atom stereocenters. The number of aromatic nitrogens is 1. The standard InChI is InChI=1S/C41H64N8O8S/c1-10-25(5)34(47-39(55)41(7)17-12-18-48(41)8)37(52)49(9)31(24(3)4)21-32(57-40(56)43-11-2)36-46-30(23-58-36)35(51)45-29(19-26(6)38(53)54)20-27-13-15-28(16-14-27)44-33(50)22-42/h13-16,23-26,29,31-32,34H,10-12,17-22,42H2,1-9H3,(H,43,56)(H,44,50)(H,45,51)(H,47,55)(H,53,54)/t25?,26-,29+,31+,32+,34-,41+/m0/s1. The summed E-state index contributed by atoms with van der Waals surface area (Å²) in [6.07, 6.45) is 1.23. The smallest absolute Gasteiger partial charge is 0.407 e. The highest BCUT2D eigenvalue weighted by Crippen LogP contribution is 2.32. The minimum Gasteiger partial charge on any atom is -0.481 e. The number of carbonyl (C=O) groups excluding carboxylic acids is 5. The van der Waals surface area contributed by atoms with Crippen LogP contribution in [-0.2, 0) is 30.3 Å². The minimum atomic E-state index is -1.00. The van der Waals surface area contributed by atoms with Crippen LogP contribution in [0, 0.1) is 17.8 Å². The number of likely N-dealkylation sites (N-methyl/N-ethyl adjacent to an activating group) is 2. The second kappa shape index (κ2) is 22.0. The molecule has 0 radical (unpaired) electrons. The fourth-order valence-corrected chi connectivity index (χ4v) is 7.94. The van der Waals surface area contributed by atoms with Gasteiger partial charge in [-0.2, -0.15) is 0 Å². The van der Waals surface area contributed by atoms with Crippen molar-refractivity contribution in [3.05, 3.63) is 45.9 Å². The Morgan fingerprint density at radius 3 is 2.28 bits per heavy atom. The third-order valence-electron chi connectivity index (χ3n) is 11.2. The quantitative estimate of drug-likeness (QED) is 0.105. The minimum absolute atomic E-state index is 0.0628. The Balaban J connectivity index is 1.87. The van der Waals surface area contributed by atoms with Gasteiger partial charge in [-0.25, -0.2) is 9.78 Å². The number of ether oxygens (including phenoxy) is 1. The maximum absolute atomic E-state index is 14.3. The zero-order valence-corrected chi connectivity index (χ0v) is 36.2. The average Bonchev–Trinajstić information content (AvgIpc) is 3.82. The number of nitrogens with one attached hydrogen (secondary N) is 4. The molecule has 322 valence electrons. The summed E-state index contributed by atoms with van der Waals surface area (Å²) in [6.45, 7) is 14.0. The molecule has 1 aliphatic heterocycles. The van der Waals surface area contributed by atoms with Crippen LogP contribution in [0.3, 0.4) is 0 Å². The number of hydrogen-bond donors (Lipinski definition) is 6. The number of anilines is 1. The molecule has 2 aromatic rings. The van der Waals surface area contributed by atoms with E-state index in [9.17, 15) is 33.9 Å². The first-order chi connectivity index (χ1) is 27.3. The fraction of sp³-hybridized carbons (Fsp3) is 0.634. The number of amides is 5. The van der Waals surface area contributed by atoms with E-state index in [4.69, 9.17) is 10.5 Å². The Labute approximate surface area is 346 Å². The van der Waals surface area contributed by atoms with Crippen molar-refractivity contribution in [3.8, 4) is 0 Å². The molecule has 1 aromatic heterocycles. The van der Waals surface area contributed by atoms with Gasteiger partial charge in [-0.3, -0.25) is 28.9 Å². The Hall–Kier alpha value is -4.61. The molecular formula is C41H64N8O8S. The molecule has 17 heteroatoms. The van der Waals surface area contributed by atoms with E-state index < -0.39 is 53.7 Å². The first kappa shape index (κ1) is 47.8. The number of nitrogens with zero attached hydrogens (tertiary/aromatic N) is 3. The van der Waals surface area contributed by atoms with Crippen LogP contribution in [0.25, 0.3) is 0 Å². The molecule has 5 amide bonds. The van der Waals surface area contributed by atoms with Crippen LogP contribution in [-0.4, -0.2) is 113 Å². The number of hydrogen-bond acceptors (Lipinski definition) is 11. The lowest BCUT2D eigenvalue weighted by Crippen LogP contribution is -2.60. The van der Waals surface area contributed by atoms with Crippen molar-refractivity contribution < 1.29 is 38.6 Å². The number of likely N-dealkylation sites (tertiary alicyclic amines) is 1.